The monoisotopic (exact) mass is 439 g/mol. The van der Waals surface area contributed by atoms with Crippen molar-refractivity contribution in [3.63, 3.8) is 0 Å². The second-order valence-electron chi connectivity index (χ2n) is 8.94. The summed E-state index contributed by atoms with van der Waals surface area (Å²) in [5.74, 6) is -0.0897. The minimum absolute atomic E-state index is 0.0504. The van der Waals surface area contributed by atoms with E-state index in [1.807, 2.05) is 6.07 Å². The largest absolute Gasteiger partial charge is 0.335 e. The molecule has 1 aliphatic heterocycles. The number of benzene rings is 1. The van der Waals surface area contributed by atoms with Crippen molar-refractivity contribution in [2.45, 2.75) is 69.9 Å². The van der Waals surface area contributed by atoms with Crippen molar-refractivity contribution in [1.29, 1.82) is 0 Å². The summed E-state index contributed by atoms with van der Waals surface area (Å²) in [6.45, 7) is 4.76. The van der Waals surface area contributed by atoms with Gasteiger partial charge in [0.05, 0.1) is 5.75 Å². The van der Waals surface area contributed by atoms with Gasteiger partial charge in [-0.1, -0.05) is 19.1 Å². The highest BCUT2D eigenvalue weighted by Gasteiger charge is 2.35. The first-order valence-electron chi connectivity index (χ1n) is 10.9. The van der Waals surface area contributed by atoms with Crippen LogP contribution in [-0.4, -0.2) is 61.6 Å². The Balaban J connectivity index is 1.49. The van der Waals surface area contributed by atoms with E-state index in [2.05, 4.69) is 12.2 Å². The molecule has 1 heterocycles. The van der Waals surface area contributed by atoms with Crippen LogP contribution in [0.3, 0.4) is 0 Å². The second-order valence-corrected chi connectivity index (χ2v) is 11.2. The van der Waals surface area contributed by atoms with E-state index in [4.69, 9.17) is 0 Å². The molecule has 1 saturated heterocycles. The van der Waals surface area contributed by atoms with E-state index in [1.54, 1.807) is 31.0 Å². The van der Waals surface area contributed by atoms with Gasteiger partial charge in [-0.2, -0.15) is 0 Å². The van der Waals surface area contributed by atoms with Gasteiger partial charge in [0.25, 0.3) is 0 Å². The lowest BCUT2D eigenvalue weighted by Crippen LogP contribution is -2.52. The number of sulfonamides is 1. The maximum Gasteiger partial charge on any atom is 0.317 e. The molecular weight excluding hydrogens is 405 g/mol. The Hall–Kier alpha value is -1.67. The summed E-state index contributed by atoms with van der Waals surface area (Å²) in [5, 5.41) is 3.15. The predicted octanol–water partition coefficient (Wildman–Crippen LogP) is 3.48. The van der Waals surface area contributed by atoms with Crippen molar-refractivity contribution >= 4 is 16.1 Å². The van der Waals surface area contributed by atoms with Crippen molar-refractivity contribution in [2.24, 2.45) is 0 Å². The summed E-state index contributed by atoms with van der Waals surface area (Å²) in [4.78, 5) is 14.5. The molecule has 0 bridgehead atoms. The third-order valence-corrected chi connectivity index (χ3v) is 8.87. The predicted molar refractivity (Wildman–Crippen MR) is 116 cm³/mol. The van der Waals surface area contributed by atoms with Crippen molar-refractivity contribution < 1.29 is 17.6 Å². The van der Waals surface area contributed by atoms with Crippen LogP contribution in [0.4, 0.5) is 9.18 Å². The highest BCUT2D eigenvalue weighted by Crippen LogP contribution is 2.39. The number of halogens is 1. The minimum Gasteiger partial charge on any atom is -0.335 e. The fourth-order valence-corrected chi connectivity index (χ4v) is 5.82. The third kappa shape index (κ3) is 5.14. The summed E-state index contributed by atoms with van der Waals surface area (Å²) >= 11 is 0. The zero-order valence-corrected chi connectivity index (χ0v) is 19.0. The first kappa shape index (κ1) is 23.0. The summed E-state index contributed by atoms with van der Waals surface area (Å²) in [6, 6.07) is 6.91. The first-order chi connectivity index (χ1) is 14.1. The fourth-order valence-electron chi connectivity index (χ4n) is 4.68. The van der Waals surface area contributed by atoms with Gasteiger partial charge in [0.15, 0.2) is 0 Å². The molecular formula is C22H34FN3O3S. The van der Waals surface area contributed by atoms with Gasteiger partial charge in [-0.15, -0.1) is 0 Å². The number of hydrogen-bond acceptors (Lipinski definition) is 3. The molecule has 6 nitrogen and oxygen atoms in total. The van der Waals surface area contributed by atoms with E-state index < -0.39 is 10.0 Å². The number of carbonyl (C=O) groups is 1. The van der Waals surface area contributed by atoms with Gasteiger partial charge in [-0.3, -0.25) is 0 Å². The number of nitrogens with one attached hydrogen (secondary N) is 1. The van der Waals surface area contributed by atoms with Crippen molar-refractivity contribution in [1.82, 2.24) is 14.5 Å². The Bertz CT molecular complexity index is 845. The molecule has 1 aliphatic carbocycles. The number of rotatable bonds is 5. The molecule has 30 heavy (non-hydrogen) atoms. The summed E-state index contributed by atoms with van der Waals surface area (Å²) in [5.41, 5.74) is 0.963. The van der Waals surface area contributed by atoms with Crippen LogP contribution in [-0.2, 0) is 15.4 Å². The number of carbonyl (C=O) groups excluding carboxylic acids is 1. The van der Waals surface area contributed by atoms with E-state index in [0.29, 0.717) is 25.9 Å². The molecule has 1 aromatic rings. The van der Waals surface area contributed by atoms with Gasteiger partial charge in [0.1, 0.15) is 5.82 Å². The third-order valence-electron chi connectivity index (χ3n) is 6.99. The minimum atomic E-state index is -3.16. The van der Waals surface area contributed by atoms with E-state index in [9.17, 15) is 17.6 Å². The van der Waals surface area contributed by atoms with Crippen LogP contribution in [0.25, 0.3) is 0 Å². The van der Waals surface area contributed by atoms with Crippen LogP contribution in [0.15, 0.2) is 24.3 Å². The molecule has 3 rings (SSSR count). The molecule has 168 valence electrons. The van der Waals surface area contributed by atoms with Crippen LogP contribution in [0.5, 0.6) is 0 Å². The highest BCUT2D eigenvalue weighted by atomic mass is 32.2. The Morgan fingerprint density at radius 3 is 2.43 bits per heavy atom. The molecule has 1 N–H and O–H groups in total. The maximum absolute atomic E-state index is 13.6. The average molecular weight is 440 g/mol. The molecule has 0 atom stereocenters. The Morgan fingerprint density at radius 2 is 1.87 bits per heavy atom. The van der Waals surface area contributed by atoms with Gasteiger partial charge in [-0.25, -0.2) is 21.9 Å². The number of piperidine rings is 1. The Labute approximate surface area is 179 Å². The number of hydrogen-bond donors (Lipinski definition) is 1. The van der Waals surface area contributed by atoms with Crippen LogP contribution < -0.4 is 5.32 Å². The second kappa shape index (κ2) is 9.22. The van der Waals surface area contributed by atoms with Crippen LogP contribution in [0, 0.1) is 5.82 Å². The lowest BCUT2D eigenvalue weighted by Gasteiger charge is -2.40. The molecule has 0 radical (unpaired) electrons. The lowest BCUT2D eigenvalue weighted by atomic mass is 9.69. The Morgan fingerprint density at radius 1 is 1.23 bits per heavy atom. The highest BCUT2D eigenvalue weighted by molar-refractivity contribution is 7.89. The van der Waals surface area contributed by atoms with E-state index >= 15 is 0 Å². The normalized spacial score (nSPS) is 26.3. The first-order valence-corrected chi connectivity index (χ1v) is 12.5. The van der Waals surface area contributed by atoms with E-state index in [1.165, 1.54) is 10.4 Å². The number of nitrogens with zero attached hydrogens (tertiary/aromatic N) is 2. The van der Waals surface area contributed by atoms with Crippen molar-refractivity contribution in [3.8, 4) is 0 Å². The van der Waals surface area contributed by atoms with Crippen molar-refractivity contribution in [2.75, 3.05) is 25.9 Å². The van der Waals surface area contributed by atoms with Gasteiger partial charge in [0, 0.05) is 32.2 Å². The van der Waals surface area contributed by atoms with Crippen LogP contribution in [0.2, 0.25) is 0 Å². The van der Waals surface area contributed by atoms with E-state index in [-0.39, 0.29) is 35.1 Å². The topological polar surface area (TPSA) is 69.7 Å². The molecule has 1 aromatic carbocycles. The Kier molecular flexibility index (Phi) is 7.07. The SMILES string of the molecule is CCS(=O)(=O)N1CCC(N(C)C(=O)NC2CCC(C)(c3cccc(F)c3)CC2)CC1. The van der Waals surface area contributed by atoms with Gasteiger partial charge >= 0.3 is 6.03 Å². The molecule has 2 amide bonds. The summed E-state index contributed by atoms with van der Waals surface area (Å²) in [7, 11) is -1.36. The standard InChI is InChI=1S/C22H34FN3O3S/c1-4-30(28,29)26-14-10-20(11-15-26)25(3)21(27)24-19-8-12-22(2,13-9-19)17-6-5-7-18(23)16-17/h5-7,16,19-20H,4,8-15H2,1-3H3,(H,24,27). The molecule has 2 fully saturated rings. The lowest BCUT2D eigenvalue weighted by molar-refractivity contribution is 0.155. The molecule has 1 saturated carbocycles. The summed E-state index contributed by atoms with van der Waals surface area (Å²) < 4.78 is 39.2. The fraction of sp³-hybridized carbons (Fsp3) is 0.682. The van der Waals surface area contributed by atoms with Crippen LogP contribution >= 0.6 is 0 Å². The maximum atomic E-state index is 13.6. The zero-order chi connectivity index (χ0) is 21.9. The molecule has 2 aliphatic rings. The number of urea groups is 1. The molecule has 0 spiro atoms. The molecule has 0 aromatic heterocycles. The summed E-state index contributed by atoms with van der Waals surface area (Å²) in [6.07, 6.45) is 4.84. The van der Waals surface area contributed by atoms with Gasteiger partial charge in [0.2, 0.25) is 10.0 Å². The van der Waals surface area contributed by atoms with Gasteiger partial charge < -0.3 is 10.2 Å². The smallest absolute Gasteiger partial charge is 0.317 e. The van der Waals surface area contributed by atoms with E-state index in [0.717, 1.165) is 31.2 Å². The molecule has 0 unspecified atom stereocenters. The molecule has 8 heteroatoms. The zero-order valence-electron chi connectivity index (χ0n) is 18.2. The van der Waals surface area contributed by atoms with Gasteiger partial charge in [-0.05, 0) is 68.6 Å². The van der Waals surface area contributed by atoms with Crippen LogP contribution in [0.1, 0.15) is 57.9 Å². The average Bonchev–Trinajstić information content (AvgIpc) is 2.75. The van der Waals surface area contributed by atoms with Crippen molar-refractivity contribution in [3.05, 3.63) is 35.6 Å². The number of amides is 2. The quantitative estimate of drug-likeness (QED) is 0.764.